The Labute approximate surface area is 116 Å². The van der Waals surface area contributed by atoms with Crippen LogP contribution in [0.2, 0.25) is 0 Å². The fourth-order valence-corrected chi connectivity index (χ4v) is 2.68. The number of nitro benzene ring substituents is 1. The van der Waals surface area contributed by atoms with Crippen LogP contribution in [0.5, 0.6) is 0 Å². The van der Waals surface area contributed by atoms with Gasteiger partial charge in [0.05, 0.1) is 4.92 Å². The van der Waals surface area contributed by atoms with Crippen LogP contribution in [0.25, 0.3) is 0 Å². The first kappa shape index (κ1) is 13.9. The number of hydrogen-bond acceptors (Lipinski definition) is 4. The number of thioether (sulfide) groups is 1. The highest BCUT2D eigenvalue weighted by Crippen LogP contribution is 2.26. The van der Waals surface area contributed by atoms with Crippen molar-refractivity contribution in [3.63, 3.8) is 0 Å². The van der Waals surface area contributed by atoms with Gasteiger partial charge in [0.1, 0.15) is 5.56 Å². The molecule has 0 spiro atoms. The normalized spacial score (nSPS) is 15.3. The van der Waals surface area contributed by atoms with Crippen molar-refractivity contribution in [3.8, 4) is 0 Å². The van der Waals surface area contributed by atoms with Gasteiger partial charge >= 0.3 is 0 Å². The SMILES string of the molecule is CSc1ccc([N+](=O)[O-])c(C(=O)N2CCCCC2)c1. The van der Waals surface area contributed by atoms with Crippen LogP contribution in [0.1, 0.15) is 29.6 Å². The van der Waals surface area contributed by atoms with Crippen LogP contribution in [0.15, 0.2) is 23.1 Å². The Bertz CT molecular complexity index is 499. The van der Waals surface area contributed by atoms with Gasteiger partial charge in [0, 0.05) is 24.1 Å². The van der Waals surface area contributed by atoms with Crippen LogP contribution in [0.3, 0.4) is 0 Å². The summed E-state index contributed by atoms with van der Waals surface area (Å²) >= 11 is 1.47. The minimum Gasteiger partial charge on any atom is -0.338 e. The lowest BCUT2D eigenvalue weighted by Gasteiger charge is -2.26. The van der Waals surface area contributed by atoms with Gasteiger partial charge in [-0.15, -0.1) is 11.8 Å². The van der Waals surface area contributed by atoms with Crippen LogP contribution in [0, 0.1) is 10.1 Å². The van der Waals surface area contributed by atoms with E-state index in [4.69, 9.17) is 0 Å². The van der Waals surface area contributed by atoms with Crippen molar-refractivity contribution < 1.29 is 9.72 Å². The number of carbonyl (C=O) groups excluding carboxylic acids is 1. The molecule has 1 heterocycles. The first-order valence-corrected chi connectivity index (χ1v) is 7.47. The molecule has 0 saturated carbocycles. The molecular formula is C13H16N2O3S. The minimum absolute atomic E-state index is 0.103. The Morgan fingerprint density at radius 3 is 2.58 bits per heavy atom. The van der Waals surface area contributed by atoms with E-state index in [-0.39, 0.29) is 17.2 Å². The third-order valence-electron chi connectivity index (χ3n) is 3.27. The Morgan fingerprint density at radius 2 is 2.00 bits per heavy atom. The maximum Gasteiger partial charge on any atom is 0.282 e. The maximum atomic E-state index is 12.4. The number of nitrogens with zero attached hydrogens (tertiary/aromatic N) is 2. The molecule has 0 aliphatic carbocycles. The average molecular weight is 280 g/mol. The van der Waals surface area contributed by atoms with Crippen molar-refractivity contribution in [2.45, 2.75) is 24.2 Å². The van der Waals surface area contributed by atoms with E-state index < -0.39 is 4.92 Å². The highest BCUT2D eigenvalue weighted by atomic mass is 32.2. The van der Waals surface area contributed by atoms with Crippen LogP contribution in [-0.4, -0.2) is 35.1 Å². The highest BCUT2D eigenvalue weighted by Gasteiger charge is 2.25. The molecule has 1 aliphatic heterocycles. The number of hydrogen-bond donors (Lipinski definition) is 0. The summed E-state index contributed by atoms with van der Waals surface area (Å²) in [4.78, 5) is 25.5. The number of nitro groups is 1. The average Bonchev–Trinajstić information content (AvgIpc) is 2.46. The van der Waals surface area contributed by atoms with Gasteiger partial charge in [0.15, 0.2) is 0 Å². The van der Waals surface area contributed by atoms with Crippen molar-refractivity contribution in [3.05, 3.63) is 33.9 Å². The monoisotopic (exact) mass is 280 g/mol. The summed E-state index contributed by atoms with van der Waals surface area (Å²) in [6.07, 6.45) is 4.95. The molecule has 1 aliphatic rings. The first-order valence-electron chi connectivity index (χ1n) is 6.25. The van der Waals surface area contributed by atoms with Crippen LogP contribution in [-0.2, 0) is 0 Å². The minimum atomic E-state index is -0.485. The zero-order chi connectivity index (χ0) is 13.8. The number of likely N-dealkylation sites (tertiary alicyclic amines) is 1. The molecule has 0 unspecified atom stereocenters. The Morgan fingerprint density at radius 1 is 1.32 bits per heavy atom. The molecule has 0 aromatic heterocycles. The lowest BCUT2D eigenvalue weighted by atomic mass is 10.1. The lowest BCUT2D eigenvalue weighted by Crippen LogP contribution is -2.35. The van der Waals surface area contributed by atoms with E-state index in [2.05, 4.69) is 0 Å². The van der Waals surface area contributed by atoms with E-state index >= 15 is 0 Å². The molecule has 5 nitrogen and oxygen atoms in total. The van der Waals surface area contributed by atoms with Crippen molar-refractivity contribution in [1.29, 1.82) is 0 Å². The molecule has 1 aromatic carbocycles. The number of benzene rings is 1. The summed E-state index contributed by atoms with van der Waals surface area (Å²) < 4.78 is 0. The van der Waals surface area contributed by atoms with Crippen molar-refractivity contribution in [2.24, 2.45) is 0 Å². The number of carbonyl (C=O) groups is 1. The lowest BCUT2D eigenvalue weighted by molar-refractivity contribution is -0.385. The quantitative estimate of drug-likeness (QED) is 0.485. The Hall–Kier alpha value is -1.56. The van der Waals surface area contributed by atoms with Gasteiger partial charge in [0.25, 0.3) is 11.6 Å². The number of piperidine rings is 1. The summed E-state index contributed by atoms with van der Waals surface area (Å²) in [7, 11) is 0. The topological polar surface area (TPSA) is 63.5 Å². The van der Waals surface area contributed by atoms with Crippen molar-refractivity contribution in [1.82, 2.24) is 4.90 Å². The molecule has 19 heavy (non-hydrogen) atoms. The standard InChI is InChI=1S/C13H16N2O3S/c1-19-10-5-6-12(15(17)18)11(9-10)13(16)14-7-3-2-4-8-14/h5-6,9H,2-4,7-8H2,1H3. The van der Waals surface area contributed by atoms with Gasteiger partial charge < -0.3 is 4.90 Å². The summed E-state index contributed by atoms with van der Waals surface area (Å²) in [6, 6.07) is 4.72. The maximum absolute atomic E-state index is 12.4. The van der Waals surface area contributed by atoms with Crippen molar-refractivity contribution in [2.75, 3.05) is 19.3 Å². The van der Waals surface area contributed by atoms with Gasteiger partial charge in [-0.05, 0) is 37.7 Å². The molecular weight excluding hydrogens is 264 g/mol. The Balaban J connectivity index is 2.34. The van der Waals surface area contributed by atoms with Crippen molar-refractivity contribution >= 4 is 23.4 Å². The van der Waals surface area contributed by atoms with Gasteiger partial charge in [-0.2, -0.15) is 0 Å². The summed E-state index contributed by atoms with van der Waals surface area (Å²) in [5.41, 5.74) is 0.104. The largest absolute Gasteiger partial charge is 0.338 e. The zero-order valence-electron chi connectivity index (χ0n) is 10.8. The molecule has 0 radical (unpaired) electrons. The van der Waals surface area contributed by atoms with E-state index in [0.717, 1.165) is 24.2 Å². The smallest absolute Gasteiger partial charge is 0.282 e. The number of amides is 1. The highest BCUT2D eigenvalue weighted by molar-refractivity contribution is 7.98. The van der Waals surface area contributed by atoms with Crippen LogP contribution >= 0.6 is 11.8 Å². The van der Waals surface area contributed by atoms with E-state index in [1.54, 1.807) is 17.0 Å². The number of rotatable bonds is 3. The van der Waals surface area contributed by atoms with E-state index in [1.165, 1.54) is 17.8 Å². The molecule has 0 N–H and O–H groups in total. The third-order valence-corrected chi connectivity index (χ3v) is 4.00. The molecule has 1 amide bonds. The van der Waals surface area contributed by atoms with E-state index in [1.807, 2.05) is 6.26 Å². The molecule has 1 aromatic rings. The van der Waals surface area contributed by atoms with Gasteiger partial charge in [0.2, 0.25) is 0 Å². The van der Waals surface area contributed by atoms with Gasteiger partial charge in [-0.25, -0.2) is 0 Å². The fraction of sp³-hybridized carbons (Fsp3) is 0.462. The fourth-order valence-electron chi connectivity index (χ4n) is 2.24. The molecule has 1 saturated heterocycles. The predicted octanol–water partition coefficient (Wildman–Crippen LogP) is 2.94. The summed E-state index contributed by atoms with van der Waals surface area (Å²) in [6.45, 7) is 1.39. The van der Waals surface area contributed by atoms with Gasteiger partial charge in [-0.1, -0.05) is 0 Å². The second-order valence-electron chi connectivity index (χ2n) is 4.49. The molecule has 102 valence electrons. The Kier molecular flexibility index (Phi) is 4.42. The molecule has 2 rings (SSSR count). The zero-order valence-corrected chi connectivity index (χ0v) is 11.6. The predicted molar refractivity (Wildman–Crippen MR) is 74.6 cm³/mol. The second kappa shape index (κ2) is 6.06. The van der Waals surface area contributed by atoms with E-state index in [9.17, 15) is 14.9 Å². The molecule has 0 atom stereocenters. The van der Waals surface area contributed by atoms with Gasteiger partial charge in [-0.3, -0.25) is 14.9 Å². The molecule has 6 heteroatoms. The van der Waals surface area contributed by atoms with E-state index in [0.29, 0.717) is 13.1 Å². The summed E-state index contributed by atoms with van der Waals surface area (Å²) in [5, 5.41) is 11.0. The summed E-state index contributed by atoms with van der Waals surface area (Å²) in [5.74, 6) is -0.220. The second-order valence-corrected chi connectivity index (χ2v) is 5.37. The third kappa shape index (κ3) is 3.07. The first-order chi connectivity index (χ1) is 9.13. The molecule has 1 fully saturated rings. The van der Waals surface area contributed by atoms with Crippen LogP contribution < -0.4 is 0 Å². The molecule has 0 bridgehead atoms. The van der Waals surface area contributed by atoms with Crippen LogP contribution in [0.4, 0.5) is 5.69 Å².